The van der Waals surface area contributed by atoms with Gasteiger partial charge in [0.25, 0.3) is 10.2 Å². The number of Topliss-reactive ketones (excluding diaryl/α,β-unsaturated/α-hetero) is 3. The quantitative estimate of drug-likeness (QED) is 0.0638. The Morgan fingerprint density at radius 3 is 2.11 bits per heavy atom. The predicted molar refractivity (Wildman–Crippen MR) is 264 cm³/mol. The monoisotopic (exact) mass is 1000 g/mol. The van der Waals surface area contributed by atoms with Gasteiger partial charge in [-0.05, 0) is 66.6 Å². The zero-order valence-corrected chi connectivity index (χ0v) is 41.7. The number of nitrogen functional groups attached to an aromatic ring is 1. The molecule has 4 aromatic rings. The number of aliphatic hydroxyl groups excluding tert-OH is 2. The fourth-order valence-corrected chi connectivity index (χ4v) is 8.45. The summed E-state index contributed by atoms with van der Waals surface area (Å²) in [6, 6.07) is 12.1. The van der Waals surface area contributed by atoms with Crippen molar-refractivity contribution in [2.24, 2.45) is 28.4 Å². The van der Waals surface area contributed by atoms with Gasteiger partial charge in [0, 0.05) is 62.1 Å². The Balaban J connectivity index is 1.67. The van der Waals surface area contributed by atoms with Gasteiger partial charge in [0.1, 0.15) is 43.0 Å². The number of benzene rings is 3. The van der Waals surface area contributed by atoms with E-state index >= 15 is 0 Å². The van der Waals surface area contributed by atoms with Gasteiger partial charge in [0.15, 0.2) is 34.7 Å². The molecule has 2 heterocycles. The summed E-state index contributed by atoms with van der Waals surface area (Å²) in [4.78, 5) is 80.8. The molecule has 1 aromatic heterocycles. The molecule has 5 rings (SSSR count). The fourth-order valence-electron chi connectivity index (χ4n) is 8.02. The number of ketones is 3. The van der Waals surface area contributed by atoms with Crippen molar-refractivity contribution in [1.82, 2.24) is 24.9 Å². The van der Waals surface area contributed by atoms with Crippen molar-refractivity contribution in [3.63, 3.8) is 0 Å². The maximum Gasteiger partial charge on any atom is 0.274 e. The molecule has 0 unspecified atom stereocenters. The smallest absolute Gasteiger partial charge is 0.274 e. The van der Waals surface area contributed by atoms with Crippen LogP contribution in [0, 0.1) is 18.8 Å². The number of rotatable bonds is 18. The van der Waals surface area contributed by atoms with Crippen LogP contribution in [-0.4, -0.2) is 126 Å². The maximum atomic E-state index is 15.0. The lowest BCUT2D eigenvalue weighted by molar-refractivity contribution is -0.142. The zero-order chi connectivity index (χ0) is 52.7. The number of aromatic nitrogens is 2. The Kier molecular flexibility index (Phi) is 18.2. The number of aromatic hydroxyl groups is 1. The molecule has 13 N–H and O–H groups in total. The molecule has 71 heavy (non-hydrogen) atoms. The van der Waals surface area contributed by atoms with Crippen molar-refractivity contribution in [3.8, 4) is 39.8 Å². The number of aryl methyl sites for hydroxylation is 1. The first-order valence-electron chi connectivity index (χ1n) is 22.9. The van der Waals surface area contributed by atoms with Crippen LogP contribution >= 0.6 is 0 Å². The second-order valence-corrected chi connectivity index (χ2v) is 20.3. The van der Waals surface area contributed by atoms with E-state index in [1.54, 1.807) is 12.1 Å². The zero-order valence-electron chi connectivity index (χ0n) is 40.9. The SMILES string of the molecule is CC(=O)[C@@H]1Cc2ccc(OC[C@@H](O)CN)c(c2)-c2cc(cc(OC[C@@H](O)CN)c2O)[C@H](N(C)C(=O)[C@H](CNS(N)(=O)=O)CC(=O)c2c(C)nc(-c3ccc(C(C)(C)C)cc3)nc2N)C(=O)C[C@@H](C)C(=O)N1. The average molecular weight is 1000 g/mol. The van der Waals surface area contributed by atoms with Gasteiger partial charge in [-0.1, -0.05) is 58.0 Å². The minimum absolute atomic E-state index is 0.00962. The lowest BCUT2D eigenvalue weighted by atomic mass is 9.86. The number of phenols is 1. The summed E-state index contributed by atoms with van der Waals surface area (Å²) in [6.07, 6.45) is -3.56. The molecule has 4 bridgehead atoms. The van der Waals surface area contributed by atoms with Gasteiger partial charge in [0.05, 0.1) is 23.2 Å². The van der Waals surface area contributed by atoms with Crippen molar-refractivity contribution in [2.45, 2.75) is 90.5 Å². The van der Waals surface area contributed by atoms with E-state index in [2.05, 4.69) is 40.8 Å². The van der Waals surface area contributed by atoms with Gasteiger partial charge in [0.2, 0.25) is 11.8 Å². The molecule has 0 radical (unpaired) electrons. The maximum absolute atomic E-state index is 15.0. The highest BCUT2D eigenvalue weighted by Gasteiger charge is 2.38. The van der Waals surface area contributed by atoms with Crippen LogP contribution in [0.25, 0.3) is 22.5 Å². The topological polar surface area (TPSA) is 356 Å². The summed E-state index contributed by atoms with van der Waals surface area (Å²) < 4.78 is 38.6. The van der Waals surface area contributed by atoms with Gasteiger partial charge in [-0.2, -0.15) is 8.42 Å². The Hall–Kier alpha value is -6.40. The first kappa shape index (κ1) is 55.5. The van der Waals surface area contributed by atoms with Gasteiger partial charge in [-0.25, -0.2) is 19.8 Å². The molecule has 0 fully saturated rings. The number of aliphatic hydroxyl groups is 2. The van der Waals surface area contributed by atoms with E-state index in [-0.39, 0.29) is 82.6 Å². The van der Waals surface area contributed by atoms with Crippen LogP contribution in [-0.2, 0) is 41.2 Å². The Morgan fingerprint density at radius 1 is 0.930 bits per heavy atom. The predicted octanol–water partition coefficient (Wildman–Crippen LogP) is 1.51. The number of nitrogens with zero attached hydrogens (tertiary/aromatic N) is 3. The summed E-state index contributed by atoms with van der Waals surface area (Å²) in [5.41, 5.74) is 19.9. The molecule has 0 spiro atoms. The molecule has 0 aliphatic carbocycles. The van der Waals surface area contributed by atoms with Crippen LogP contribution < -0.4 is 41.9 Å². The summed E-state index contributed by atoms with van der Waals surface area (Å²) in [6.45, 7) is 8.64. The number of nitrogens with two attached hydrogens (primary N) is 4. The lowest BCUT2D eigenvalue weighted by Gasteiger charge is -2.32. The number of hydrogen-bond donors (Lipinski definition) is 9. The second kappa shape index (κ2) is 23.2. The van der Waals surface area contributed by atoms with E-state index in [1.807, 2.05) is 24.3 Å². The highest BCUT2D eigenvalue weighted by molar-refractivity contribution is 7.87. The van der Waals surface area contributed by atoms with E-state index < -0.39 is 107 Å². The Morgan fingerprint density at radius 2 is 1.55 bits per heavy atom. The normalized spacial score (nSPS) is 17.8. The van der Waals surface area contributed by atoms with Gasteiger partial charge >= 0.3 is 0 Å². The largest absolute Gasteiger partial charge is 0.504 e. The van der Waals surface area contributed by atoms with Crippen LogP contribution in [0.2, 0.25) is 0 Å². The van der Waals surface area contributed by atoms with Crippen molar-refractivity contribution >= 4 is 45.2 Å². The number of amides is 2. The first-order valence-corrected chi connectivity index (χ1v) is 24.4. The molecule has 0 saturated carbocycles. The van der Waals surface area contributed by atoms with Crippen LogP contribution in [0.5, 0.6) is 17.2 Å². The van der Waals surface area contributed by atoms with Crippen LogP contribution in [0.15, 0.2) is 54.6 Å². The minimum Gasteiger partial charge on any atom is -0.504 e. The number of fused-ring (bicyclic) bond motifs is 5. The molecular weight excluding hydrogens is 939 g/mol. The number of ether oxygens (including phenoxy) is 2. The molecule has 0 saturated heterocycles. The van der Waals surface area contributed by atoms with E-state index in [0.29, 0.717) is 11.1 Å². The molecule has 3 aromatic carbocycles. The number of hydrogen-bond acceptors (Lipinski definition) is 17. The molecule has 1 aliphatic rings. The average Bonchev–Trinajstić information content (AvgIpc) is 3.30. The van der Waals surface area contributed by atoms with Crippen molar-refractivity contribution in [1.29, 1.82) is 0 Å². The Labute approximate surface area is 412 Å². The van der Waals surface area contributed by atoms with E-state index in [0.717, 1.165) is 10.5 Å². The first-order chi connectivity index (χ1) is 33.2. The number of anilines is 1. The molecular formula is C49H65N9O12S. The van der Waals surface area contributed by atoms with Crippen LogP contribution in [0.3, 0.4) is 0 Å². The number of nitrogens with one attached hydrogen (secondary N) is 2. The molecule has 21 nitrogen and oxygen atoms in total. The minimum atomic E-state index is -4.47. The number of phenolic OH excluding ortho intramolecular Hbond substituents is 1. The second-order valence-electron chi connectivity index (χ2n) is 18.9. The summed E-state index contributed by atoms with van der Waals surface area (Å²) in [5, 5.41) is 40.7. The van der Waals surface area contributed by atoms with Crippen molar-refractivity contribution < 1.29 is 57.2 Å². The lowest BCUT2D eigenvalue weighted by Crippen LogP contribution is -2.46. The van der Waals surface area contributed by atoms with E-state index in [9.17, 15) is 47.7 Å². The number of carbonyl (C=O) groups is 5. The molecule has 1 aliphatic heterocycles. The van der Waals surface area contributed by atoms with Crippen LogP contribution in [0.4, 0.5) is 5.82 Å². The molecule has 22 heteroatoms. The van der Waals surface area contributed by atoms with Crippen molar-refractivity contribution in [3.05, 3.63) is 82.5 Å². The van der Waals surface area contributed by atoms with E-state index in [1.165, 1.54) is 46.0 Å². The third-order valence-electron chi connectivity index (χ3n) is 12.1. The number of likely N-dealkylation sites (N-methyl/N-ethyl adjacent to an activating group) is 1. The third-order valence-corrected chi connectivity index (χ3v) is 12.7. The molecule has 384 valence electrons. The highest BCUT2D eigenvalue weighted by Crippen LogP contribution is 2.45. The standard InChI is InChI=1S/C49H65N9O12S/c1-25-14-39(63)43(58(7)48(66)31(22-54-71(53,67)68)18-38(62)42-26(2)55-46(57-45(42)52)29-9-11-32(12-10-29)49(4,5)6)30-17-36(44(64)41(19-30)70-24-34(61)21-51)35-15-28(16-37(27(3)59)56-47(25)65)8-13-40(35)69-23-33(60)20-50/h8-13,15,17,19,25,31,33-34,37,43,54,60-61,64H,14,16,18,20-24,50-51H2,1-7H3,(H,56,65)(H2,52,55,57)(H2,53,67,68)/t25-,31+,33+,34+,37+,43+/m1/s1. The molecule has 2 amide bonds. The van der Waals surface area contributed by atoms with Gasteiger partial charge < -0.3 is 52.2 Å². The van der Waals surface area contributed by atoms with Crippen LogP contribution in [0.1, 0.15) is 86.2 Å². The molecule has 6 atom stereocenters. The number of carbonyl (C=O) groups excluding carboxylic acids is 5. The fraction of sp³-hybridized carbons (Fsp3) is 0.449. The highest BCUT2D eigenvalue weighted by atomic mass is 32.2. The summed E-state index contributed by atoms with van der Waals surface area (Å²) in [5.74, 6) is -6.83. The Bertz CT molecular complexity index is 2730. The summed E-state index contributed by atoms with van der Waals surface area (Å²) >= 11 is 0. The van der Waals surface area contributed by atoms with E-state index in [4.69, 9.17) is 31.8 Å². The van der Waals surface area contributed by atoms with Gasteiger partial charge in [-0.15, -0.1) is 0 Å². The summed E-state index contributed by atoms with van der Waals surface area (Å²) in [7, 11) is -3.24. The third kappa shape index (κ3) is 14.1. The van der Waals surface area contributed by atoms with Crippen molar-refractivity contribution in [2.75, 3.05) is 45.6 Å². The van der Waals surface area contributed by atoms with Gasteiger partial charge in [-0.3, -0.25) is 24.0 Å².